The molecule has 0 bridgehead atoms. The molecule has 3 heterocycles. The molecule has 2 aliphatic rings. The van der Waals surface area contributed by atoms with E-state index in [2.05, 4.69) is 14.8 Å². The van der Waals surface area contributed by atoms with E-state index in [-0.39, 0.29) is 18.6 Å². The molecular weight excluding hydrogens is 308 g/mol. The van der Waals surface area contributed by atoms with Crippen LogP contribution < -0.4 is 4.90 Å². The van der Waals surface area contributed by atoms with E-state index in [1.54, 1.807) is 4.90 Å². The van der Waals surface area contributed by atoms with Crippen molar-refractivity contribution in [3.63, 3.8) is 0 Å². The third-order valence-electron chi connectivity index (χ3n) is 4.80. The number of rotatable bonds is 5. The van der Waals surface area contributed by atoms with Gasteiger partial charge in [-0.15, -0.1) is 0 Å². The van der Waals surface area contributed by atoms with Gasteiger partial charge in [0.05, 0.1) is 12.1 Å². The number of hydrogen-bond acceptors (Lipinski definition) is 6. The highest BCUT2D eigenvalue weighted by Crippen LogP contribution is 2.20. The molecule has 1 amide bonds. The Hall–Kier alpha value is -1.70. The zero-order valence-electron chi connectivity index (χ0n) is 14.2. The van der Waals surface area contributed by atoms with Gasteiger partial charge in [-0.3, -0.25) is 9.69 Å². The van der Waals surface area contributed by atoms with Crippen molar-refractivity contribution in [3.05, 3.63) is 24.4 Å². The van der Waals surface area contributed by atoms with Gasteiger partial charge in [0.15, 0.2) is 0 Å². The number of carbonyl (C=O) groups excluding carboxylic acids is 1. The SMILES string of the molecule is CCOCC(=O)N1C[C@H](O)[C@@H](N2CCN(c3ccccn3)CC2)C1. The van der Waals surface area contributed by atoms with Gasteiger partial charge in [0.1, 0.15) is 12.4 Å². The predicted octanol–water partition coefficient (Wildman–Crippen LogP) is -0.188. The summed E-state index contributed by atoms with van der Waals surface area (Å²) in [5.74, 6) is 0.961. The van der Waals surface area contributed by atoms with Gasteiger partial charge in [0.25, 0.3) is 0 Å². The van der Waals surface area contributed by atoms with Crippen LogP contribution in [0.2, 0.25) is 0 Å². The van der Waals surface area contributed by atoms with Crippen molar-refractivity contribution in [3.8, 4) is 0 Å². The molecule has 24 heavy (non-hydrogen) atoms. The third-order valence-corrected chi connectivity index (χ3v) is 4.80. The Bertz CT molecular complexity index is 534. The number of aliphatic hydroxyl groups is 1. The lowest BCUT2D eigenvalue weighted by atomic mass is 10.1. The molecule has 132 valence electrons. The number of pyridine rings is 1. The number of β-amino-alcohol motifs (C(OH)–C–C–N with tert-alkyl or cyclic N) is 1. The Morgan fingerprint density at radius 2 is 2.08 bits per heavy atom. The van der Waals surface area contributed by atoms with Crippen LogP contribution in [-0.2, 0) is 9.53 Å². The van der Waals surface area contributed by atoms with Crippen molar-refractivity contribution in [2.24, 2.45) is 0 Å². The van der Waals surface area contributed by atoms with E-state index in [9.17, 15) is 9.90 Å². The molecule has 1 aromatic rings. The van der Waals surface area contributed by atoms with Gasteiger partial charge < -0.3 is 19.6 Å². The molecule has 0 aromatic carbocycles. The van der Waals surface area contributed by atoms with Crippen molar-refractivity contribution in [1.29, 1.82) is 0 Å². The molecule has 1 N–H and O–H groups in total. The molecule has 3 rings (SSSR count). The number of amides is 1. The molecule has 2 saturated heterocycles. The molecule has 0 radical (unpaired) electrons. The second-order valence-corrected chi connectivity index (χ2v) is 6.28. The van der Waals surface area contributed by atoms with Crippen LogP contribution in [0.15, 0.2) is 24.4 Å². The summed E-state index contributed by atoms with van der Waals surface area (Å²) in [7, 11) is 0. The largest absolute Gasteiger partial charge is 0.390 e. The smallest absolute Gasteiger partial charge is 0.248 e. The van der Waals surface area contributed by atoms with Gasteiger partial charge >= 0.3 is 0 Å². The van der Waals surface area contributed by atoms with E-state index < -0.39 is 6.10 Å². The monoisotopic (exact) mass is 334 g/mol. The zero-order valence-corrected chi connectivity index (χ0v) is 14.2. The number of aromatic nitrogens is 1. The Kier molecular flexibility index (Phi) is 5.65. The summed E-state index contributed by atoms with van der Waals surface area (Å²) in [5.41, 5.74) is 0. The highest BCUT2D eigenvalue weighted by molar-refractivity contribution is 5.77. The number of likely N-dealkylation sites (tertiary alicyclic amines) is 1. The van der Waals surface area contributed by atoms with Crippen LogP contribution >= 0.6 is 0 Å². The van der Waals surface area contributed by atoms with E-state index >= 15 is 0 Å². The van der Waals surface area contributed by atoms with Crippen LogP contribution in [0.5, 0.6) is 0 Å². The van der Waals surface area contributed by atoms with E-state index in [1.165, 1.54) is 0 Å². The van der Waals surface area contributed by atoms with Crippen molar-refractivity contribution in [1.82, 2.24) is 14.8 Å². The van der Waals surface area contributed by atoms with Crippen LogP contribution in [0, 0.1) is 0 Å². The number of piperazine rings is 1. The fraction of sp³-hybridized carbons (Fsp3) is 0.647. The molecule has 0 spiro atoms. The van der Waals surface area contributed by atoms with E-state index in [0.717, 1.165) is 32.0 Å². The summed E-state index contributed by atoms with van der Waals surface area (Å²) >= 11 is 0. The Morgan fingerprint density at radius 1 is 1.29 bits per heavy atom. The zero-order chi connectivity index (χ0) is 16.9. The van der Waals surface area contributed by atoms with Crippen LogP contribution in [-0.4, -0.2) is 90.4 Å². The first-order valence-corrected chi connectivity index (χ1v) is 8.62. The van der Waals surface area contributed by atoms with Crippen LogP contribution in [0.4, 0.5) is 5.82 Å². The van der Waals surface area contributed by atoms with Gasteiger partial charge in [-0.2, -0.15) is 0 Å². The van der Waals surface area contributed by atoms with Gasteiger partial charge in [-0.05, 0) is 19.1 Å². The van der Waals surface area contributed by atoms with Gasteiger partial charge in [-0.25, -0.2) is 4.98 Å². The predicted molar refractivity (Wildman–Crippen MR) is 90.9 cm³/mol. The van der Waals surface area contributed by atoms with Crippen LogP contribution in [0.3, 0.4) is 0 Å². The van der Waals surface area contributed by atoms with Crippen molar-refractivity contribution in [2.45, 2.75) is 19.1 Å². The summed E-state index contributed by atoms with van der Waals surface area (Å²) in [6.07, 6.45) is 1.32. The van der Waals surface area contributed by atoms with Crippen molar-refractivity contribution >= 4 is 11.7 Å². The lowest BCUT2D eigenvalue weighted by Gasteiger charge is -2.39. The minimum Gasteiger partial charge on any atom is -0.390 e. The molecule has 2 fully saturated rings. The first-order valence-electron chi connectivity index (χ1n) is 8.62. The highest BCUT2D eigenvalue weighted by atomic mass is 16.5. The fourth-order valence-electron chi connectivity index (χ4n) is 3.44. The van der Waals surface area contributed by atoms with E-state index in [0.29, 0.717) is 19.7 Å². The summed E-state index contributed by atoms with van der Waals surface area (Å²) < 4.78 is 5.19. The molecule has 2 aliphatic heterocycles. The third kappa shape index (κ3) is 3.85. The molecule has 0 unspecified atom stereocenters. The number of anilines is 1. The molecule has 2 atom stereocenters. The highest BCUT2D eigenvalue weighted by Gasteiger charge is 2.38. The molecule has 0 saturated carbocycles. The lowest BCUT2D eigenvalue weighted by molar-refractivity contribution is -0.135. The summed E-state index contributed by atoms with van der Waals surface area (Å²) in [6, 6.07) is 5.95. The summed E-state index contributed by atoms with van der Waals surface area (Å²) in [5, 5.41) is 10.4. The number of carbonyl (C=O) groups is 1. The minimum atomic E-state index is -0.489. The van der Waals surface area contributed by atoms with Gasteiger partial charge in [0, 0.05) is 52.1 Å². The average molecular weight is 334 g/mol. The second-order valence-electron chi connectivity index (χ2n) is 6.28. The molecule has 7 nitrogen and oxygen atoms in total. The number of aliphatic hydroxyl groups excluding tert-OH is 1. The maximum Gasteiger partial charge on any atom is 0.248 e. The fourth-order valence-corrected chi connectivity index (χ4v) is 3.44. The summed E-state index contributed by atoms with van der Waals surface area (Å²) in [4.78, 5) is 22.7. The summed E-state index contributed by atoms with van der Waals surface area (Å²) in [6.45, 7) is 6.98. The maximum absolute atomic E-state index is 12.1. The Morgan fingerprint density at radius 3 is 2.75 bits per heavy atom. The van der Waals surface area contributed by atoms with Gasteiger partial charge in [-0.1, -0.05) is 6.07 Å². The van der Waals surface area contributed by atoms with Gasteiger partial charge in [0.2, 0.25) is 5.91 Å². The Labute approximate surface area is 142 Å². The van der Waals surface area contributed by atoms with Crippen molar-refractivity contribution < 1.29 is 14.6 Å². The van der Waals surface area contributed by atoms with Crippen LogP contribution in [0.25, 0.3) is 0 Å². The number of nitrogens with zero attached hydrogens (tertiary/aromatic N) is 4. The van der Waals surface area contributed by atoms with Crippen LogP contribution in [0.1, 0.15) is 6.92 Å². The average Bonchev–Trinajstić information content (AvgIpc) is 3.02. The number of hydrogen-bond donors (Lipinski definition) is 1. The molecule has 0 aliphatic carbocycles. The minimum absolute atomic E-state index is 0.0152. The van der Waals surface area contributed by atoms with E-state index in [1.807, 2.05) is 31.3 Å². The topological polar surface area (TPSA) is 69.1 Å². The second kappa shape index (κ2) is 7.92. The quantitative estimate of drug-likeness (QED) is 0.805. The molecule has 7 heteroatoms. The first kappa shape index (κ1) is 17.1. The normalized spacial score (nSPS) is 25.2. The molecule has 1 aromatic heterocycles. The Balaban J connectivity index is 1.52. The van der Waals surface area contributed by atoms with E-state index in [4.69, 9.17) is 4.74 Å². The van der Waals surface area contributed by atoms with Crippen molar-refractivity contribution in [2.75, 3.05) is 57.4 Å². The number of ether oxygens (including phenoxy) is 1. The maximum atomic E-state index is 12.1. The standard InChI is InChI=1S/C17H26N4O3/c1-2-24-13-17(23)21-11-14(15(22)12-21)19-7-9-20(10-8-19)16-5-3-4-6-18-16/h3-6,14-15,22H,2,7-13H2,1H3/t14-,15-/m0/s1. The first-order chi connectivity index (χ1) is 11.7. The molecular formula is C17H26N4O3. The lowest BCUT2D eigenvalue weighted by Crippen LogP contribution is -2.54.